The fourth-order valence-corrected chi connectivity index (χ4v) is 9.69. The lowest BCUT2D eigenvalue weighted by Crippen LogP contribution is -2.27. The maximum Gasteiger partial charge on any atom is 0.160 e. The van der Waals surface area contributed by atoms with Crippen LogP contribution in [0.3, 0.4) is 0 Å². The van der Waals surface area contributed by atoms with E-state index in [0.29, 0.717) is 5.82 Å². The predicted octanol–water partition coefficient (Wildman–Crippen LogP) is 14.3. The highest BCUT2D eigenvalue weighted by Gasteiger charge is 2.26. The van der Waals surface area contributed by atoms with Crippen LogP contribution in [0.15, 0.2) is 211 Å². The zero-order valence-corrected chi connectivity index (χ0v) is 34.7. The van der Waals surface area contributed by atoms with Gasteiger partial charge in [-0.05, 0) is 81.9 Å². The standard InChI is InChI=1S/C57H38N4S/c1-61-51(37-50(39-19-8-3-9-20-39)60-57(61)43-23-12-5-13-24-43)40-29-31-41(32-30-40)54-46(33-34-53-55(54)47-27-14-15-28-52(47)62-53)44-25-16-26-45(35-44)49-36-48(38-17-6-2-7-18-38)58-56(59-49)42-21-10-4-11-22-42/h2,4-8,10-37,57H,1H3. The van der Waals surface area contributed by atoms with Crippen LogP contribution in [0.25, 0.3) is 82.0 Å². The van der Waals surface area contributed by atoms with Gasteiger partial charge < -0.3 is 4.90 Å². The van der Waals surface area contributed by atoms with Gasteiger partial charge in [0, 0.05) is 55.2 Å². The van der Waals surface area contributed by atoms with E-state index >= 15 is 0 Å². The zero-order valence-electron chi connectivity index (χ0n) is 33.9. The third-order valence-corrected chi connectivity index (χ3v) is 12.8. The van der Waals surface area contributed by atoms with Crippen LogP contribution in [0, 0.1) is 12.1 Å². The van der Waals surface area contributed by atoms with Crippen molar-refractivity contribution in [3.63, 3.8) is 0 Å². The van der Waals surface area contributed by atoms with Crippen molar-refractivity contribution in [1.82, 2.24) is 14.9 Å². The van der Waals surface area contributed by atoms with Gasteiger partial charge in [0.15, 0.2) is 5.82 Å². The highest BCUT2D eigenvalue weighted by molar-refractivity contribution is 7.26. The molecule has 0 fully saturated rings. The fourth-order valence-electron chi connectivity index (χ4n) is 8.57. The van der Waals surface area contributed by atoms with E-state index in [2.05, 4.69) is 194 Å². The molecule has 2 aromatic heterocycles. The molecule has 0 N–H and O–H groups in total. The number of nitrogens with zero attached hydrogens (tertiary/aromatic N) is 4. The highest BCUT2D eigenvalue weighted by atomic mass is 32.1. The van der Waals surface area contributed by atoms with Gasteiger partial charge in [-0.25, -0.2) is 9.97 Å². The lowest BCUT2D eigenvalue weighted by Gasteiger charge is -2.34. The van der Waals surface area contributed by atoms with Crippen molar-refractivity contribution in [2.45, 2.75) is 6.17 Å². The molecule has 1 unspecified atom stereocenters. The average Bonchev–Trinajstić information content (AvgIpc) is 3.74. The molecule has 0 saturated carbocycles. The number of rotatable bonds is 8. The fraction of sp³-hybridized carbons (Fsp3) is 0.0351. The number of hydrogen-bond donors (Lipinski definition) is 0. The van der Waals surface area contributed by atoms with E-state index in [9.17, 15) is 0 Å². The Morgan fingerprint density at radius 2 is 1.18 bits per heavy atom. The summed E-state index contributed by atoms with van der Waals surface area (Å²) in [4.78, 5) is 17.7. The van der Waals surface area contributed by atoms with E-state index in [0.717, 1.165) is 67.3 Å². The lowest BCUT2D eigenvalue weighted by molar-refractivity contribution is 0.364. The molecular formula is C57H38N4S. The molecule has 1 aliphatic heterocycles. The summed E-state index contributed by atoms with van der Waals surface area (Å²) in [5.74, 6) is 0.701. The first kappa shape index (κ1) is 37.1. The van der Waals surface area contributed by atoms with Crippen molar-refractivity contribution in [2.24, 2.45) is 4.99 Å². The van der Waals surface area contributed by atoms with Gasteiger partial charge in [0.1, 0.15) is 6.17 Å². The molecule has 8 aromatic carbocycles. The summed E-state index contributed by atoms with van der Waals surface area (Å²) in [5.41, 5.74) is 14.8. The molecule has 292 valence electrons. The molecular weight excluding hydrogens is 773 g/mol. The maximum absolute atomic E-state index is 5.24. The number of fused-ring (bicyclic) bond motifs is 3. The van der Waals surface area contributed by atoms with Crippen LogP contribution in [-0.2, 0) is 0 Å². The number of aromatic nitrogens is 2. The summed E-state index contributed by atoms with van der Waals surface area (Å²) in [6.45, 7) is 0. The largest absolute Gasteiger partial charge is 0.349 e. The van der Waals surface area contributed by atoms with Crippen LogP contribution in [-0.4, -0.2) is 27.6 Å². The molecule has 0 spiro atoms. The van der Waals surface area contributed by atoms with Crippen molar-refractivity contribution in [3.8, 4) is 56.2 Å². The Morgan fingerprint density at radius 1 is 0.516 bits per heavy atom. The summed E-state index contributed by atoms with van der Waals surface area (Å²) in [7, 11) is 2.13. The Kier molecular flexibility index (Phi) is 9.54. The first-order valence-corrected chi connectivity index (χ1v) is 21.6. The SMILES string of the molecule is CN1C(c2ccc(-c3c(-c4cccc(-c5cc(-c6ccccc6)nc(-c6ccccc6)n5)c4)ccc4sc5ccccc5c34)cc2)=CC(c2cc#ccc2)=NC1c1ccccc1. The van der Waals surface area contributed by atoms with E-state index in [1.54, 1.807) is 0 Å². The summed E-state index contributed by atoms with van der Waals surface area (Å²) < 4.78 is 2.54. The second kappa shape index (κ2) is 15.9. The highest BCUT2D eigenvalue weighted by Crippen LogP contribution is 2.46. The second-order valence-corrected chi connectivity index (χ2v) is 16.6. The minimum Gasteiger partial charge on any atom is -0.349 e. The topological polar surface area (TPSA) is 41.4 Å². The molecule has 11 rings (SSSR count). The molecule has 0 saturated heterocycles. The van der Waals surface area contributed by atoms with Crippen molar-refractivity contribution in [3.05, 3.63) is 235 Å². The van der Waals surface area contributed by atoms with Crippen molar-refractivity contribution in [1.29, 1.82) is 0 Å². The first-order valence-electron chi connectivity index (χ1n) is 20.8. The number of allylic oxidation sites excluding steroid dienone is 1. The molecule has 0 aliphatic carbocycles. The van der Waals surface area contributed by atoms with Crippen LogP contribution >= 0.6 is 11.3 Å². The Morgan fingerprint density at radius 3 is 1.94 bits per heavy atom. The van der Waals surface area contributed by atoms with E-state index in [1.165, 1.54) is 31.3 Å². The smallest absolute Gasteiger partial charge is 0.160 e. The number of thiophene rings is 1. The van der Waals surface area contributed by atoms with E-state index in [-0.39, 0.29) is 6.17 Å². The minimum absolute atomic E-state index is 0.178. The number of aliphatic imine (C=N–C) groups is 1. The molecule has 0 amide bonds. The van der Waals surface area contributed by atoms with Crippen molar-refractivity contribution >= 4 is 42.9 Å². The van der Waals surface area contributed by atoms with Gasteiger partial charge in [0.05, 0.1) is 17.1 Å². The van der Waals surface area contributed by atoms with E-state index in [1.807, 2.05) is 47.7 Å². The third kappa shape index (κ3) is 6.93. The van der Waals surface area contributed by atoms with Crippen LogP contribution in [0.5, 0.6) is 0 Å². The van der Waals surface area contributed by atoms with Crippen LogP contribution in [0.4, 0.5) is 0 Å². The monoisotopic (exact) mass is 810 g/mol. The Hall–Kier alpha value is -7.91. The zero-order chi connectivity index (χ0) is 41.4. The van der Waals surface area contributed by atoms with Crippen LogP contribution < -0.4 is 0 Å². The normalized spacial score (nSPS) is 13.8. The number of hydrogen-bond acceptors (Lipinski definition) is 5. The molecule has 10 aromatic rings. The summed E-state index contributed by atoms with van der Waals surface area (Å²) in [6.07, 6.45) is 2.02. The molecule has 5 heteroatoms. The molecule has 3 heterocycles. The van der Waals surface area contributed by atoms with Gasteiger partial charge in [-0.3, -0.25) is 4.99 Å². The van der Waals surface area contributed by atoms with Gasteiger partial charge in [-0.2, -0.15) is 0 Å². The minimum atomic E-state index is -0.178. The van der Waals surface area contributed by atoms with Gasteiger partial charge in [-0.15, -0.1) is 11.3 Å². The lowest BCUT2D eigenvalue weighted by atomic mass is 9.89. The molecule has 0 bridgehead atoms. The van der Waals surface area contributed by atoms with Crippen LogP contribution in [0.2, 0.25) is 0 Å². The third-order valence-electron chi connectivity index (χ3n) is 11.6. The van der Waals surface area contributed by atoms with Gasteiger partial charge in [-0.1, -0.05) is 170 Å². The van der Waals surface area contributed by atoms with Gasteiger partial charge in [0.2, 0.25) is 0 Å². The summed E-state index contributed by atoms with van der Waals surface area (Å²) in [6, 6.07) is 76.5. The maximum atomic E-state index is 5.24. The van der Waals surface area contributed by atoms with E-state index < -0.39 is 0 Å². The van der Waals surface area contributed by atoms with Crippen molar-refractivity contribution in [2.75, 3.05) is 7.05 Å². The quantitative estimate of drug-likeness (QED) is 0.153. The molecule has 4 nitrogen and oxygen atoms in total. The molecule has 62 heavy (non-hydrogen) atoms. The van der Waals surface area contributed by atoms with E-state index in [4.69, 9.17) is 15.0 Å². The molecule has 1 atom stereocenters. The first-order chi connectivity index (χ1) is 30.6. The van der Waals surface area contributed by atoms with Crippen LogP contribution in [0.1, 0.15) is 22.9 Å². The molecule has 0 radical (unpaired) electrons. The number of benzene rings is 7. The Labute approximate surface area is 365 Å². The second-order valence-electron chi connectivity index (χ2n) is 15.5. The summed E-state index contributed by atoms with van der Waals surface area (Å²) in [5, 5.41) is 2.53. The van der Waals surface area contributed by atoms with Gasteiger partial charge >= 0.3 is 0 Å². The molecule has 1 aliphatic rings. The van der Waals surface area contributed by atoms with Gasteiger partial charge in [0.25, 0.3) is 0 Å². The average molecular weight is 811 g/mol. The predicted molar refractivity (Wildman–Crippen MR) is 258 cm³/mol. The Balaban J connectivity index is 1.04. The van der Waals surface area contributed by atoms with Crippen molar-refractivity contribution < 1.29 is 0 Å². The Bertz CT molecular complexity index is 3230. The summed E-state index contributed by atoms with van der Waals surface area (Å²) >= 11 is 1.85.